The average Bonchev–Trinajstić information content (AvgIpc) is 3.30. The van der Waals surface area contributed by atoms with Crippen LogP contribution in [0, 0.1) is 0 Å². The first-order valence-corrected chi connectivity index (χ1v) is 7.70. The highest BCUT2D eigenvalue weighted by Crippen LogP contribution is 2.33. The second-order valence-corrected chi connectivity index (χ2v) is 5.56. The van der Waals surface area contributed by atoms with Gasteiger partial charge in [0.05, 0.1) is 13.2 Å². The van der Waals surface area contributed by atoms with Crippen molar-refractivity contribution in [2.24, 2.45) is 0 Å². The quantitative estimate of drug-likeness (QED) is 0.781. The summed E-state index contributed by atoms with van der Waals surface area (Å²) in [5, 5.41) is 6.29. The number of nitrogens with one attached hydrogen (secondary N) is 2. The smallest absolute Gasteiger partial charge is 0.221 e. The molecule has 0 bridgehead atoms. The predicted octanol–water partition coefficient (Wildman–Crippen LogP) is 1.61. The van der Waals surface area contributed by atoms with Crippen LogP contribution in [0.4, 0.5) is 0 Å². The number of amides is 1. The molecule has 1 amide bonds. The monoisotopic (exact) mass is 290 g/mol. The van der Waals surface area contributed by atoms with E-state index in [0.717, 1.165) is 36.3 Å². The summed E-state index contributed by atoms with van der Waals surface area (Å²) in [6, 6.07) is 6.38. The molecule has 1 aromatic carbocycles. The Labute approximate surface area is 125 Å². The van der Waals surface area contributed by atoms with E-state index in [0.29, 0.717) is 38.8 Å². The van der Waals surface area contributed by atoms with Crippen molar-refractivity contribution in [2.45, 2.75) is 38.3 Å². The normalized spacial score (nSPS) is 17.1. The van der Waals surface area contributed by atoms with Crippen molar-refractivity contribution >= 4 is 5.91 Å². The number of hydrogen-bond acceptors (Lipinski definition) is 4. The maximum atomic E-state index is 11.6. The highest BCUT2D eigenvalue weighted by Gasteiger charge is 2.22. The van der Waals surface area contributed by atoms with Crippen LogP contribution >= 0.6 is 0 Å². The Bertz CT molecular complexity index is 500. The molecule has 0 radical (unpaired) electrons. The van der Waals surface area contributed by atoms with Crippen LogP contribution in [0.1, 0.15) is 31.2 Å². The number of hydrogen-bond donors (Lipinski definition) is 2. The van der Waals surface area contributed by atoms with Crippen molar-refractivity contribution in [3.8, 4) is 11.5 Å². The fourth-order valence-corrected chi connectivity index (χ4v) is 2.35. The zero-order valence-corrected chi connectivity index (χ0v) is 12.2. The van der Waals surface area contributed by atoms with Gasteiger partial charge >= 0.3 is 0 Å². The average molecular weight is 290 g/mol. The predicted molar refractivity (Wildman–Crippen MR) is 79.5 cm³/mol. The molecule has 1 aromatic rings. The van der Waals surface area contributed by atoms with Gasteiger partial charge in [-0.1, -0.05) is 12.1 Å². The Morgan fingerprint density at radius 2 is 2.10 bits per heavy atom. The molecule has 0 saturated heterocycles. The molecule has 0 atom stereocenters. The molecule has 1 heterocycles. The van der Waals surface area contributed by atoms with Gasteiger partial charge < -0.3 is 20.1 Å². The summed E-state index contributed by atoms with van der Waals surface area (Å²) in [6.45, 7) is 2.74. The number of carbonyl (C=O) groups excluding carboxylic acids is 1. The van der Waals surface area contributed by atoms with Gasteiger partial charge in [0, 0.05) is 37.5 Å². The Morgan fingerprint density at radius 3 is 2.95 bits per heavy atom. The van der Waals surface area contributed by atoms with E-state index in [1.54, 1.807) is 0 Å². The summed E-state index contributed by atoms with van der Waals surface area (Å²) >= 11 is 0. The van der Waals surface area contributed by atoms with Crippen LogP contribution in [-0.2, 0) is 11.3 Å². The second kappa shape index (κ2) is 6.80. The lowest BCUT2D eigenvalue weighted by Gasteiger charge is -2.13. The van der Waals surface area contributed by atoms with Crippen LogP contribution in [0.3, 0.4) is 0 Å². The largest absolute Gasteiger partial charge is 0.490 e. The van der Waals surface area contributed by atoms with Crippen molar-refractivity contribution in [1.82, 2.24) is 10.6 Å². The van der Waals surface area contributed by atoms with Gasteiger partial charge in [-0.3, -0.25) is 4.79 Å². The summed E-state index contributed by atoms with van der Waals surface area (Å²) in [5.74, 6) is 1.79. The minimum Gasteiger partial charge on any atom is -0.490 e. The Kier molecular flexibility index (Phi) is 4.60. The Balaban J connectivity index is 1.47. The molecule has 21 heavy (non-hydrogen) atoms. The molecule has 5 nitrogen and oxygen atoms in total. The van der Waals surface area contributed by atoms with Gasteiger partial charge in [0.15, 0.2) is 11.5 Å². The number of ether oxygens (including phenoxy) is 2. The van der Waals surface area contributed by atoms with Gasteiger partial charge in [0.25, 0.3) is 0 Å². The molecule has 0 aromatic heterocycles. The molecule has 3 rings (SSSR count). The minimum atomic E-state index is 0.136. The van der Waals surface area contributed by atoms with E-state index < -0.39 is 0 Å². The molecule has 1 aliphatic heterocycles. The molecule has 1 saturated carbocycles. The van der Waals surface area contributed by atoms with Gasteiger partial charge in [-0.15, -0.1) is 0 Å². The number of rotatable bonds is 6. The molecule has 0 unspecified atom stereocenters. The van der Waals surface area contributed by atoms with Crippen molar-refractivity contribution in [1.29, 1.82) is 0 Å². The van der Waals surface area contributed by atoms with E-state index in [2.05, 4.69) is 10.6 Å². The van der Waals surface area contributed by atoms with E-state index in [-0.39, 0.29) is 5.91 Å². The number of carbonyl (C=O) groups is 1. The number of para-hydroxylation sites is 1. The van der Waals surface area contributed by atoms with E-state index in [1.165, 1.54) is 0 Å². The Hall–Kier alpha value is -1.75. The number of benzene rings is 1. The molecular weight excluding hydrogens is 268 g/mol. The number of fused-ring (bicyclic) bond motifs is 1. The lowest BCUT2D eigenvalue weighted by atomic mass is 10.2. The zero-order chi connectivity index (χ0) is 14.5. The van der Waals surface area contributed by atoms with Gasteiger partial charge in [0.2, 0.25) is 5.91 Å². The van der Waals surface area contributed by atoms with Gasteiger partial charge in [-0.25, -0.2) is 0 Å². The van der Waals surface area contributed by atoms with Crippen LogP contribution in [0.15, 0.2) is 18.2 Å². The highest BCUT2D eigenvalue weighted by atomic mass is 16.5. The van der Waals surface area contributed by atoms with E-state index in [1.807, 2.05) is 18.2 Å². The van der Waals surface area contributed by atoms with E-state index >= 15 is 0 Å². The van der Waals surface area contributed by atoms with Gasteiger partial charge in [-0.2, -0.15) is 0 Å². The van der Waals surface area contributed by atoms with Crippen molar-refractivity contribution in [3.63, 3.8) is 0 Å². The lowest BCUT2D eigenvalue weighted by molar-refractivity contribution is -0.121. The van der Waals surface area contributed by atoms with Crippen molar-refractivity contribution in [3.05, 3.63) is 23.8 Å². The van der Waals surface area contributed by atoms with Crippen LogP contribution in [0.5, 0.6) is 11.5 Å². The molecule has 2 N–H and O–H groups in total. The first-order chi connectivity index (χ1) is 10.3. The molecular formula is C16H22N2O3. The van der Waals surface area contributed by atoms with Crippen molar-refractivity contribution in [2.75, 3.05) is 19.8 Å². The third-order valence-electron chi connectivity index (χ3n) is 3.64. The summed E-state index contributed by atoms with van der Waals surface area (Å²) in [7, 11) is 0. The molecule has 114 valence electrons. The summed E-state index contributed by atoms with van der Waals surface area (Å²) in [5.41, 5.74) is 1.08. The van der Waals surface area contributed by atoms with Crippen LogP contribution in [-0.4, -0.2) is 31.7 Å². The summed E-state index contributed by atoms with van der Waals surface area (Å²) in [4.78, 5) is 11.6. The lowest BCUT2D eigenvalue weighted by Crippen LogP contribution is -2.29. The molecule has 1 fully saturated rings. The molecule has 0 spiro atoms. The fraction of sp³-hybridized carbons (Fsp3) is 0.562. The fourth-order valence-electron chi connectivity index (χ4n) is 2.35. The topological polar surface area (TPSA) is 59.6 Å². The van der Waals surface area contributed by atoms with Gasteiger partial charge in [0.1, 0.15) is 0 Å². The highest BCUT2D eigenvalue weighted by molar-refractivity contribution is 5.76. The molecule has 5 heteroatoms. The van der Waals surface area contributed by atoms with Crippen molar-refractivity contribution < 1.29 is 14.3 Å². The van der Waals surface area contributed by atoms with E-state index in [4.69, 9.17) is 9.47 Å². The summed E-state index contributed by atoms with van der Waals surface area (Å²) < 4.78 is 11.4. The third kappa shape index (κ3) is 4.11. The van der Waals surface area contributed by atoms with Gasteiger partial charge in [-0.05, 0) is 18.9 Å². The van der Waals surface area contributed by atoms with Crippen LogP contribution in [0.25, 0.3) is 0 Å². The second-order valence-electron chi connectivity index (χ2n) is 5.56. The standard InChI is InChI=1S/C16H22N2O3/c19-15(18-13-5-6-13)7-8-17-11-12-3-1-4-14-16(12)21-10-2-9-20-14/h1,3-4,13,17H,2,5-11H2,(H,18,19). The SMILES string of the molecule is O=C(CCNCc1cccc2c1OCCCO2)NC1CC1. The zero-order valence-electron chi connectivity index (χ0n) is 12.2. The van der Waals surface area contributed by atoms with Crippen LogP contribution < -0.4 is 20.1 Å². The maximum absolute atomic E-state index is 11.6. The molecule has 1 aliphatic carbocycles. The minimum absolute atomic E-state index is 0.136. The maximum Gasteiger partial charge on any atom is 0.221 e. The first-order valence-electron chi connectivity index (χ1n) is 7.70. The third-order valence-corrected chi connectivity index (χ3v) is 3.64. The molecule has 2 aliphatic rings. The van der Waals surface area contributed by atoms with Crippen LogP contribution in [0.2, 0.25) is 0 Å². The Morgan fingerprint density at radius 1 is 1.24 bits per heavy atom. The van der Waals surface area contributed by atoms with E-state index in [9.17, 15) is 4.79 Å². The first kappa shape index (κ1) is 14.2. The summed E-state index contributed by atoms with van der Waals surface area (Å²) in [6.07, 6.45) is 3.69.